The topological polar surface area (TPSA) is 0 Å². The van der Waals surface area contributed by atoms with Crippen LogP contribution in [0.3, 0.4) is 0 Å². The zero-order valence-corrected chi connectivity index (χ0v) is 22.8. The van der Waals surface area contributed by atoms with Gasteiger partial charge in [0.1, 0.15) is 0 Å². The molecule has 0 aromatic heterocycles. The van der Waals surface area contributed by atoms with Crippen LogP contribution in [0.15, 0.2) is 43.0 Å². The Labute approximate surface area is 211 Å². The number of rotatable bonds is 7. The molecule has 5 saturated carbocycles. The fourth-order valence-electron chi connectivity index (χ4n) is 11.2. The van der Waals surface area contributed by atoms with E-state index in [9.17, 15) is 0 Å². The van der Waals surface area contributed by atoms with Crippen molar-refractivity contribution in [1.29, 1.82) is 0 Å². The lowest BCUT2D eigenvalue weighted by atomic mass is 9.73. The van der Waals surface area contributed by atoms with Gasteiger partial charge in [0.05, 0.1) is 8.07 Å². The van der Waals surface area contributed by atoms with Gasteiger partial charge in [0.15, 0.2) is 0 Å². The van der Waals surface area contributed by atoms with E-state index in [1.807, 2.05) is 5.19 Å². The second-order valence-corrected chi connectivity index (χ2v) is 17.8. The molecule has 1 aromatic rings. The van der Waals surface area contributed by atoms with Crippen molar-refractivity contribution in [1.82, 2.24) is 0 Å². The molecule has 0 saturated heterocycles. The Bertz CT molecular complexity index is 793. The number of hydrogen-bond acceptors (Lipinski definition) is 0. The summed E-state index contributed by atoms with van der Waals surface area (Å²) in [5.74, 6) is 6.44. The van der Waals surface area contributed by atoms with Gasteiger partial charge in [0.25, 0.3) is 0 Å². The first kappa shape index (κ1) is 23.6. The Hall–Kier alpha value is -0.823. The molecule has 0 bridgehead atoms. The van der Waals surface area contributed by atoms with E-state index in [1.165, 1.54) is 51.4 Å². The average molecular weight is 475 g/mol. The van der Waals surface area contributed by atoms with E-state index in [2.05, 4.69) is 43.0 Å². The van der Waals surface area contributed by atoms with Crippen LogP contribution in [0.2, 0.25) is 17.1 Å². The Kier molecular flexibility index (Phi) is 7.12. The summed E-state index contributed by atoms with van der Waals surface area (Å²) < 4.78 is 0. The molecule has 0 radical (unpaired) electrons. The maximum absolute atomic E-state index is 4.16. The fourth-order valence-corrected chi connectivity index (χ4v) is 19.4. The summed E-state index contributed by atoms with van der Waals surface area (Å²) in [6.45, 7) is 4.16. The average Bonchev–Trinajstić information content (AvgIpc) is 3.48. The predicted octanol–water partition coefficient (Wildman–Crippen LogP) is 9.28. The van der Waals surface area contributed by atoms with Gasteiger partial charge < -0.3 is 0 Å². The summed E-state index contributed by atoms with van der Waals surface area (Å²) in [5.41, 5.74) is 2.15. The Morgan fingerprint density at radius 1 is 0.676 bits per heavy atom. The van der Waals surface area contributed by atoms with Gasteiger partial charge in [-0.25, -0.2) is 0 Å². The molecule has 5 aliphatic carbocycles. The SMILES string of the molecule is C=CCCC[Si](c1ccccc1)(C1CCC2CCCCC21)C1C2CCCCC2C2CCCCC21. The van der Waals surface area contributed by atoms with E-state index in [0.29, 0.717) is 0 Å². The number of hydrogen-bond donors (Lipinski definition) is 0. The third kappa shape index (κ3) is 3.91. The lowest BCUT2D eigenvalue weighted by Gasteiger charge is -2.51. The second-order valence-electron chi connectivity index (χ2n) is 13.2. The molecule has 0 nitrogen and oxygen atoms in total. The van der Waals surface area contributed by atoms with E-state index in [-0.39, 0.29) is 0 Å². The molecule has 0 aliphatic heterocycles. The molecule has 34 heavy (non-hydrogen) atoms. The van der Waals surface area contributed by atoms with Crippen molar-refractivity contribution in [2.45, 2.75) is 120 Å². The van der Waals surface area contributed by atoms with Gasteiger partial charge in [0.2, 0.25) is 0 Å². The van der Waals surface area contributed by atoms with Crippen LogP contribution >= 0.6 is 0 Å². The van der Waals surface area contributed by atoms with Crippen molar-refractivity contribution in [2.24, 2.45) is 35.5 Å². The quantitative estimate of drug-likeness (QED) is 0.210. The van der Waals surface area contributed by atoms with E-state index in [0.717, 1.165) is 46.6 Å². The van der Waals surface area contributed by atoms with E-state index in [1.54, 1.807) is 57.4 Å². The normalized spacial score (nSPS) is 41.2. The summed E-state index contributed by atoms with van der Waals surface area (Å²) in [4.78, 5) is 0. The van der Waals surface area contributed by atoms with Crippen LogP contribution in [-0.4, -0.2) is 8.07 Å². The van der Waals surface area contributed by atoms with Gasteiger partial charge in [0, 0.05) is 0 Å². The number of fused-ring (bicyclic) bond motifs is 4. The molecule has 0 heterocycles. The predicted molar refractivity (Wildman–Crippen MR) is 149 cm³/mol. The highest BCUT2D eigenvalue weighted by Gasteiger charge is 2.63. The van der Waals surface area contributed by atoms with Crippen LogP contribution in [0.4, 0.5) is 0 Å². The van der Waals surface area contributed by atoms with Crippen molar-refractivity contribution < 1.29 is 0 Å². The second kappa shape index (κ2) is 10.3. The molecule has 0 spiro atoms. The van der Waals surface area contributed by atoms with Gasteiger partial charge in [-0.05, 0) is 65.9 Å². The van der Waals surface area contributed by atoms with E-state index >= 15 is 0 Å². The molecule has 186 valence electrons. The summed E-state index contributed by atoms with van der Waals surface area (Å²) in [7, 11) is -1.72. The molecule has 0 amide bonds. The van der Waals surface area contributed by atoms with Crippen molar-refractivity contribution in [3.8, 4) is 0 Å². The zero-order valence-electron chi connectivity index (χ0n) is 21.8. The molecule has 1 heteroatoms. The van der Waals surface area contributed by atoms with E-state index < -0.39 is 8.07 Å². The summed E-state index contributed by atoms with van der Waals surface area (Å²) in [6.07, 6.45) is 26.6. The van der Waals surface area contributed by atoms with Crippen molar-refractivity contribution in [2.75, 3.05) is 0 Å². The van der Waals surface area contributed by atoms with Crippen molar-refractivity contribution >= 4 is 13.3 Å². The molecule has 6 rings (SSSR count). The fraction of sp³-hybridized carbons (Fsp3) is 0.758. The maximum atomic E-state index is 4.16. The standard InChI is InChI=1S/C33H50Si/c1-2-3-13-24-34(26-15-5-4-6-16-26,32-23-22-25-14-7-8-17-27(25)32)33-30-20-11-9-18-28(30)29-19-10-12-21-31(29)33/h2,4-6,15-16,25,27-33H,1,3,7-14,17-24H2. The Balaban J connectivity index is 1.50. The smallest absolute Gasteiger partial charge is 0.0936 e. The molecule has 8 atom stereocenters. The summed E-state index contributed by atoms with van der Waals surface area (Å²) in [5, 5.41) is 1.90. The van der Waals surface area contributed by atoms with Crippen LogP contribution in [-0.2, 0) is 0 Å². The van der Waals surface area contributed by atoms with Gasteiger partial charge in [-0.2, -0.15) is 0 Å². The molecule has 5 fully saturated rings. The zero-order chi connectivity index (χ0) is 23.0. The lowest BCUT2D eigenvalue weighted by molar-refractivity contribution is 0.184. The molecule has 5 aliphatic rings. The molecule has 1 aromatic carbocycles. The van der Waals surface area contributed by atoms with Crippen LogP contribution in [0.5, 0.6) is 0 Å². The largest absolute Gasteiger partial charge is 0.103 e. The molecular formula is C33H50Si. The third-order valence-electron chi connectivity index (χ3n) is 12.1. The van der Waals surface area contributed by atoms with Gasteiger partial charge >= 0.3 is 0 Å². The highest BCUT2D eigenvalue weighted by Crippen LogP contribution is 2.68. The first-order valence-corrected chi connectivity index (χ1v) is 17.9. The molecular weight excluding hydrogens is 424 g/mol. The molecule has 8 unspecified atom stereocenters. The summed E-state index contributed by atoms with van der Waals surface area (Å²) in [6, 6.07) is 14.0. The first-order valence-electron chi connectivity index (χ1n) is 15.5. The number of allylic oxidation sites excluding steroid dienone is 1. The molecule has 0 N–H and O–H groups in total. The van der Waals surface area contributed by atoms with Gasteiger partial charge in [-0.15, -0.1) is 6.58 Å². The number of benzene rings is 1. The van der Waals surface area contributed by atoms with Gasteiger partial charge in [-0.3, -0.25) is 0 Å². The van der Waals surface area contributed by atoms with E-state index in [4.69, 9.17) is 0 Å². The Morgan fingerprint density at radius 2 is 1.26 bits per heavy atom. The van der Waals surface area contributed by atoms with Crippen LogP contribution in [0.1, 0.15) is 103 Å². The highest BCUT2D eigenvalue weighted by atomic mass is 28.3. The van der Waals surface area contributed by atoms with Crippen LogP contribution in [0.25, 0.3) is 0 Å². The van der Waals surface area contributed by atoms with Gasteiger partial charge in [-0.1, -0.05) is 131 Å². The maximum Gasteiger partial charge on any atom is 0.0936 e. The number of unbranched alkanes of at least 4 members (excludes halogenated alkanes) is 1. The summed E-state index contributed by atoms with van der Waals surface area (Å²) >= 11 is 0. The minimum atomic E-state index is -1.72. The minimum Gasteiger partial charge on any atom is -0.103 e. The Morgan fingerprint density at radius 3 is 1.91 bits per heavy atom. The van der Waals surface area contributed by atoms with Crippen LogP contribution < -0.4 is 5.19 Å². The van der Waals surface area contributed by atoms with Crippen molar-refractivity contribution in [3.05, 3.63) is 43.0 Å². The minimum absolute atomic E-state index is 1.06. The third-order valence-corrected chi connectivity index (χ3v) is 18.8. The van der Waals surface area contributed by atoms with Crippen LogP contribution in [0, 0.1) is 35.5 Å². The van der Waals surface area contributed by atoms with Crippen molar-refractivity contribution in [3.63, 3.8) is 0 Å². The lowest BCUT2D eigenvalue weighted by Crippen LogP contribution is -2.59. The monoisotopic (exact) mass is 474 g/mol. The first-order chi connectivity index (χ1) is 16.8. The highest BCUT2D eigenvalue weighted by molar-refractivity contribution is 6.94.